The van der Waals surface area contributed by atoms with Crippen molar-refractivity contribution in [2.45, 2.75) is 46.6 Å². The third-order valence-electron chi connectivity index (χ3n) is 5.31. The molecule has 3 rings (SSSR count). The SMILES string of the molecule is CCCNC(=O)C1CCN(C(=O)c2nn(CC(C)C)c(=O)c3ccccc23)CC1. The Labute approximate surface area is 171 Å². The molecule has 0 bridgehead atoms. The van der Waals surface area contributed by atoms with Gasteiger partial charge in [-0.1, -0.05) is 39.0 Å². The number of carbonyl (C=O) groups is 2. The number of piperidine rings is 1. The summed E-state index contributed by atoms with van der Waals surface area (Å²) < 4.78 is 1.41. The maximum Gasteiger partial charge on any atom is 0.274 e. The number of amides is 2. The fraction of sp³-hybridized carbons (Fsp3) is 0.545. The summed E-state index contributed by atoms with van der Waals surface area (Å²) in [4.78, 5) is 40.0. The molecule has 29 heavy (non-hydrogen) atoms. The van der Waals surface area contributed by atoms with E-state index in [1.165, 1.54) is 4.68 Å². The largest absolute Gasteiger partial charge is 0.356 e. The minimum absolute atomic E-state index is 0.0507. The molecule has 0 atom stereocenters. The van der Waals surface area contributed by atoms with Crippen molar-refractivity contribution in [3.8, 4) is 0 Å². The first-order chi connectivity index (χ1) is 13.9. The average Bonchev–Trinajstić information content (AvgIpc) is 2.73. The van der Waals surface area contributed by atoms with E-state index in [1.54, 1.807) is 23.1 Å². The van der Waals surface area contributed by atoms with Crippen LogP contribution in [0.25, 0.3) is 10.8 Å². The summed E-state index contributed by atoms with van der Waals surface area (Å²) in [6.45, 7) is 8.23. The lowest BCUT2D eigenvalue weighted by atomic mass is 9.95. The van der Waals surface area contributed by atoms with Crippen LogP contribution in [0.15, 0.2) is 29.1 Å². The second-order valence-electron chi connectivity index (χ2n) is 8.13. The first-order valence-electron chi connectivity index (χ1n) is 10.5. The zero-order chi connectivity index (χ0) is 21.0. The van der Waals surface area contributed by atoms with Gasteiger partial charge in [-0.15, -0.1) is 0 Å². The predicted octanol–water partition coefficient (Wildman–Crippen LogP) is 2.43. The Morgan fingerprint density at radius 1 is 1.17 bits per heavy atom. The molecule has 1 aliphatic heterocycles. The molecule has 0 aliphatic carbocycles. The van der Waals surface area contributed by atoms with E-state index in [0.29, 0.717) is 55.5 Å². The van der Waals surface area contributed by atoms with Crippen LogP contribution in [0.2, 0.25) is 0 Å². The molecule has 1 aromatic carbocycles. The third-order valence-corrected chi connectivity index (χ3v) is 5.31. The van der Waals surface area contributed by atoms with Crippen LogP contribution < -0.4 is 10.9 Å². The quantitative estimate of drug-likeness (QED) is 0.810. The van der Waals surface area contributed by atoms with Gasteiger partial charge in [0.15, 0.2) is 5.69 Å². The van der Waals surface area contributed by atoms with Gasteiger partial charge >= 0.3 is 0 Å². The van der Waals surface area contributed by atoms with E-state index in [0.717, 1.165) is 6.42 Å². The molecule has 1 saturated heterocycles. The molecule has 1 N–H and O–H groups in total. The van der Waals surface area contributed by atoms with Crippen molar-refractivity contribution < 1.29 is 9.59 Å². The highest BCUT2D eigenvalue weighted by molar-refractivity contribution is 6.04. The van der Waals surface area contributed by atoms with Gasteiger partial charge in [-0.2, -0.15) is 5.10 Å². The van der Waals surface area contributed by atoms with E-state index in [1.807, 2.05) is 26.8 Å². The van der Waals surface area contributed by atoms with Gasteiger partial charge in [-0.05, 0) is 31.2 Å². The van der Waals surface area contributed by atoms with E-state index in [-0.39, 0.29) is 29.2 Å². The highest BCUT2D eigenvalue weighted by atomic mass is 16.2. The van der Waals surface area contributed by atoms with Gasteiger partial charge in [0.25, 0.3) is 11.5 Å². The molecular formula is C22H30N4O3. The summed E-state index contributed by atoms with van der Waals surface area (Å²) in [7, 11) is 0. The number of benzene rings is 1. The lowest BCUT2D eigenvalue weighted by Crippen LogP contribution is -2.44. The Morgan fingerprint density at radius 2 is 1.83 bits per heavy atom. The Bertz CT molecular complexity index is 943. The molecule has 2 amide bonds. The number of hydrogen-bond acceptors (Lipinski definition) is 4. The summed E-state index contributed by atoms with van der Waals surface area (Å²) >= 11 is 0. The first kappa shape index (κ1) is 21.0. The molecule has 0 spiro atoms. The molecule has 0 unspecified atom stereocenters. The fourth-order valence-corrected chi connectivity index (χ4v) is 3.75. The zero-order valence-electron chi connectivity index (χ0n) is 17.5. The monoisotopic (exact) mass is 398 g/mol. The summed E-state index contributed by atoms with van der Waals surface area (Å²) in [6.07, 6.45) is 2.20. The normalized spacial score (nSPS) is 15.1. The van der Waals surface area contributed by atoms with Crippen LogP contribution in [0.3, 0.4) is 0 Å². The number of carbonyl (C=O) groups excluding carboxylic acids is 2. The summed E-state index contributed by atoms with van der Waals surface area (Å²) in [5.41, 5.74) is 0.145. The van der Waals surface area contributed by atoms with Crippen molar-refractivity contribution in [1.82, 2.24) is 20.0 Å². The number of nitrogens with one attached hydrogen (secondary N) is 1. The van der Waals surface area contributed by atoms with Crippen LogP contribution in [0.1, 0.15) is 50.5 Å². The van der Waals surface area contributed by atoms with Gasteiger partial charge in [0.2, 0.25) is 5.91 Å². The minimum Gasteiger partial charge on any atom is -0.356 e. The summed E-state index contributed by atoms with van der Waals surface area (Å²) in [5.74, 6) is 0.0889. The molecule has 0 radical (unpaired) electrons. The molecule has 1 fully saturated rings. The van der Waals surface area contributed by atoms with Gasteiger partial charge in [0, 0.05) is 37.5 Å². The molecular weight excluding hydrogens is 368 g/mol. The summed E-state index contributed by atoms with van der Waals surface area (Å²) in [5, 5.41) is 8.49. The molecule has 1 aromatic heterocycles. The Hall–Kier alpha value is -2.70. The number of likely N-dealkylation sites (tertiary alicyclic amines) is 1. The van der Waals surface area contributed by atoms with Crippen molar-refractivity contribution in [3.05, 3.63) is 40.3 Å². The van der Waals surface area contributed by atoms with Crippen LogP contribution in [-0.4, -0.2) is 46.1 Å². The third kappa shape index (κ3) is 4.66. The van der Waals surface area contributed by atoms with Crippen molar-refractivity contribution in [3.63, 3.8) is 0 Å². The molecule has 2 heterocycles. The van der Waals surface area contributed by atoms with Crippen LogP contribution in [-0.2, 0) is 11.3 Å². The van der Waals surface area contributed by atoms with E-state index in [4.69, 9.17) is 0 Å². The highest BCUT2D eigenvalue weighted by Gasteiger charge is 2.29. The van der Waals surface area contributed by atoms with E-state index in [9.17, 15) is 14.4 Å². The first-order valence-corrected chi connectivity index (χ1v) is 10.5. The van der Waals surface area contributed by atoms with E-state index in [2.05, 4.69) is 10.4 Å². The number of rotatable bonds is 6. The predicted molar refractivity (Wildman–Crippen MR) is 113 cm³/mol. The Morgan fingerprint density at radius 3 is 2.45 bits per heavy atom. The van der Waals surface area contributed by atoms with Crippen molar-refractivity contribution in [2.24, 2.45) is 11.8 Å². The van der Waals surface area contributed by atoms with Crippen LogP contribution in [0.5, 0.6) is 0 Å². The molecule has 156 valence electrons. The van der Waals surface area contributed by atoms with E-state index < -0.39 is 0 Å². The van der Waals surface area contributed by atoms with Crippen molar-refractivity contribution in [1.29, 1.82) is 0 Å². The number of hydrogen-bond donors (Lipinski definition) is 1. The molecule has 1 aliphatic rings. The molecule has 0 saturated carbocycles. The van der Waals surface area contributed by atoms with Gasteiger partial charge in [-0.3, -0.25) is 14.4 Å². The minimum atomic E-state index is -0.175. The molecule has 7 nitrogen and oxygen atoms in total. The van der Waals surface area contributed by atoms with Gasteiger partial charge in [0.05, 0.1) is 5.39 Å². The summed E-state index contributed by atoms with van der Waals surface area (Å²) in [6, 6.07) is 7.15. The van der Waals surface area contributed by atoms with Crippen LogP contribution >= 0.6 is 0 Å². The number of aromatic nitrogens is 2. The second kappa shape index (κ2) is 9.20. The van der Waals surface area contributed by atoms with Crippen molar-refractivity contribution in [2.75, 3.05) is 19.6 Å². The highest BCUT2D eigenvalue weighted by Crippen LogP contribution is 2.21. The Kier molecular flexibility index (Phi) is 6.67. The molecule has 2 aromatic rings. The zero-order valence-corrected chi connectivity index (χ0v) is 17.5. The fourth-order valence-electron chi connectivity index (χ4n) is 3.75. The van der Waals surface area contributed by atoms with Gasteiger partial charge < -0.3 is 10.2 Å². The van der Waals surface area contributed by atoms with E-state index >= 15 is 0 Å². The smallest absolute Gasteiger partial charge is 0.274 e. The average molecular weight is 399 g/mol. The lowest BCUT2D eigenvalue weighted by molar-refractivity contribution is -0.126. The van der Waals surface area contributed by atoms with Crippen LogP contribution in [0.4, 0.5) is 0 Å². The van der Waals surface area contributed by atoms with Crippen LogP contribution in [0, 0.1) is 11.8 Å². The maximum atomic E-state index is 13.3. The second-order valence-corrected chi connectivity index (χ2v) is 8.13. The van der Waals surface area contributed by atoms with Gasteiger partial charge in [0.1, 0.15) is 0 Å². The Balaban J connectivity index is 1.83. The molecule has 7 heteroatoms. The standard InChI is InChI=1S/C22H30N4O3/c1-4-11-23-20(27)16-9-12-25(13-10-16)22(29)19-17-7-5-6-8-18(17)21(28)26(24-19)14-15(2)3/h5-8,15-16H,4,9-14H2,1-3H3,(H,23,27). The number of nitrogens with zero attached hydrogens (tertiary/aromatic N) is 3. The maximum absolute atomic E-state index is 13.3. The topological polar surface area (TPSA) is 84.3 Å². The van der Waals surface area contributed by atoms with Crippen molar-refractivity contribution >= 4 is 22.6 Å². The number of fused-ring (bicyclic) bond motifs is 1. The van der Waals surface area contributed by atoms with Gasteiger partial charge in [-0.25, -0.2) is 4.68 Å². The lowest BCUT2D eigenvalue weighted by Gasteiger charge is -2.31.